The van der Waals surface area contributed by atoms with Crippen LogP contribution in [0.5, 0.6) is 0 Å². The van der Waals surface area contributed by atoms with Crippen molar-refractivity contribution in [1.29, 1.82) is 0 Å². The van der Waals surface area contributed by atoms with Crippen LogP contribution >= 0.6 is 0 Å². The molecule has 3 heterocycles. The summed E-state index contributed by atoms with van der Waals surface area (Å²) in [5.41, 5.74) is 2.01. The quantitative estimate of drug-likeness (QED) is 0.652. The summed E-state index contributed by atoms with van der Waals surface area (Å²) in [6, 6.07) is 0. The number of aromatic nitrogens is 7. The summed E-state index contributed by atoms with van der Waals surface area (Å²) >= 11 is 0. The number of imidazole rings is 1. The molecular weight excluding hydrogens is 220 g/mol. The molecule has 0 saturated heterocycles. The Morgan fingerprint density at radius 3 is 2.82 bits per heavy atom. The van der Waals surface area contributed by atoms with Crippen LogP contribution in [0, 0.1) is 0 Å². The lowest BCUT2D eigenvalue weighted by Gasteiger charge is -2.03. The van der Waals surface area contributed by atoms with Crippen molar-refractivity contribution in [3.05, 3.63) is 12.7 Å². The van der Waals surface area contributed by atoms with Gasteiger partial charge in [-0.1, -0.05) is 0 Å². The van der Waals surface area contributed by atoms with E-state index in [9.17, 15) is 0 Å². The zero-order chi connectivity index (χ0) is 11.8. The van der Waals surface area contributed by atoms with E-state index in [0.717, 1.165) is 5.52 Å². The average Bonchev–Trinajstić information content (AvgIpc) is 2.97. The van der Waals surface area contributed by atoms with Gasteiger partial charge in [0.25, 0.3) is 0 Å². The number of fused-ring (bicyclic) bond motifs is 1. The van der Waals surface area contributed by atoms with E-state index in [4.69, 9.17) is 0 Å². The molecule has 8 nitrogen and oxygen atoms in total. The number of hydrogen-bond acceptors (Lipinski definition) is 6. The number of hydrogen-bond donors (Lipinski definition) is 2. The Hall–Kier alpha value is -2.51. The first-order chi connectivity index (χ1) is 8.25. The second-order valence-corrected chi connectivity index (χ2v) is 3.70. The summed E-state index contributed by atoms with van der Waals surface area (Å²) in [5.74, 6) is 1.19. The maximum atomic E-state index is 4.33. The van der Waals surface area contributed by atoms with Crippen LogP contribution in [0.25, 0.3) is 22.7 Å². The molecule has 0 bridgehead atoms. The highest BCUT2D eigenvalue weighted by Crippen LogP contribution is 2.20. The molecule has 0 aliphatic carbocycles. The molecule has 8 heteroatoms. The van der Waals surface area contributed by atoms with Gasteiger partial charge in [-0.25, -0.2) is 15.0 Å². The lowest BCUT2D eigenvalue weighted by molar-refractivity contribution is 0.998. The van der Waals surface area contributed by atoms with E-state index in [1.54, 1.807) is 6.33 Å². The van der Waals surface area contributed by atoms with Crippen LogP contribution in [0.1, 0.15) is 0 Å². The van der Waals surface area contributed by atoms with Crippen molar-refractivity contribution in [3.8, 4) is 11.5 Å². The summed E-state index contributed by atoms with van der Waals surface area (Å²) in [4.78, 5) is 21.4. The van der Waals surface area contributed by atoms with Crippen LogP contribution in [0.3, 0.4) is 0 Å². The predicted molar refractivity (Wildman–Crippen MR) is 61.4 cm³/mol. The van der Waals surface area contributed by atoms with Gasteiger partial charge in [-0.3, -0.25) is 5.10 Å². The standard InChI is InChI=1S/C9H10N8/c1-17(2)9-14-8(15-16-9)6-5-7(12-3-10-5)13-4-11-6/h3-4H,1-2H3,(H,14,15,16)(H,10,11,12,13). The van der Waals surface area contributed by atoms with E-state index in [1.807, 2.05) is 19.0 Å². The van der Waals surface area contributed by atoms with Crippen molar-refractivity contribution in [1.82, 2.24) is 35.1 Å². The summed E-state index contributed by atoms with van der Waals surface area (Å²) in [7, 11) is 3.75. The molecule has 3 aromatic rings. The molecule has 86 valence electrons. The molecule has 2 N–H and O–H groups in total. The van der Waals surface area contributed by atoms with Gasteiger partial charge in [0.15, 0.2) is 11.5 Å². The van der Waals surface area contributed by atoms with Gasteiger partial charge in [-0.15, -0.1) is 5.10 Å². The Kier molecular flexibility index (Phi) is 2.00. The van der Waals surface area contributed by atoms with Crippen molar-refractivity contribution in [2.45, 2.75) is 0 Å². The van der Waals surface area contributed by atoms with Gasteiger partial charge in [-0.2, -0.15) is 4.98 Å². The molecule has 0 spiro atoms. The van der Waals surface area contributed by atoms with Crippen molar-refractivity contribution in [3.63, 3.8) is 0 Å². The molecule has 0 saturated carbocycles. The molecule has 3 rings (SSSR count). The highest BCUT2D eigenvalue weighted by atomic mass is 15.3. The normalized spacial score (nSPS) is 10.9. The smallest absolute Gasteiger partial charge is 0.244 e. The van der Waals surface area contributed by atoms with Crippen molar-refractivity contribution < 1.29 is 0 Å². The number of nitrogens with one attached hydrogen (secondary N) is 2. The van der Waals surface area contributed by atoms with Crippen LogP contribution in [-0.4, -0.2) is 49.2 Å². The van der Waals surface area contributed by atoms with Gasteiger partial charge in [0.2, 0.25) is 5.95 Å². The number of H-pyrrole nitrogens is 2. The maximum absolute atomic E-state index is 4.33. The Labute approximate surface area is 96.1 Å². The molecule has 0 amide bonds. The Bertz CT molecular complexity index is 652. The van der Waals surface area contributed by atoms with E-state index in [2.05, 4.69) is 35.1 Å². The molecular formula is C9H10N8. The molecule has 0 radical (unpaired) electrons. The molecule has 0 atom stereocenters. The van der Waals surface area contributed by atoms with E-state index in [1.165, 1.54) is 6.33 Å². The zero-order valence-electron chi connectivity index (χ0n) is 9.34. The van der Waals surface area contributed by atoms with Crippen molar-refractivity contribution in [2.75, 3.05) is 19.0 Å². The molecule has 0 aromatic carbocycles. The van der Waals surface area contributed by atoms with Gasteiger partial charge >= 0.3 is 0 Å². The largest absolute Gasteiger partial charge is 0.346 e. The fourth-order valence-electron chi connectivity index (χ4n) is 1.50. The highest BCUT2D eigenvalue weighted by Gasteiger charge is 2.13. The second kappa shape index (κ2) is 3.51. The van der Waals surface area contributed by atoms with Crippen LogP contribution < -0.4 is 4.90 Å². The van der Waals surface area contributed by atoms with Crippen LogP contribution in [0.2, 0.25) is 0 Å². The number of anilines is 1. The van der Waals surface area contributed by atoms with E-state index < -0.39 is 0 Å². The minimum atomic E-state index is 0.588. The number of aromatic amines is 2. The SMILES string of the molecule is CN(C)c1n[nH]c(-c2ncnc3nc[nH]c23)n1. The van der Waals surface area contributed by atoms with Gasteiger partial charge in [0.1, 0.15) is 17.5 Å². The Morgan fingerprint density at radius 2 is 2.06 bits per heavy atom. The topological polar surface area (TPSA) is 99.3 Å². The molecule has 0 aliphatic heterocycles. The van der Waals surface area contributed by atoms with Crippen LogP contribution in [0.4, 0.5) is 5.95 Å². The minimum Gasteiger partial charge on any atom is -0.346 e. The molecule has 0 fully saturated rings. The van der Waals surface area contributed by atoms with Gasteiger partial charge < -0.3 is 9.88 Å². The Morgan fingerprint density at radius 1 is 1.18 bits per heavy atom. The molecule has 17 heavy (non-hydrogen) atoms. The molecule has 0 aliphatic rings. The first kappa shape index (κ1) is 9.70. The zero-order valence-corrected chi connectivity index (χ0v) is 9.34. The Balaban J connectivity index is 2.16. The summed E-state index contributed by atoms with van der Waals surface area (Å²) in [6.07, 6.45) is 3.03. The van der Waals surface area contributed by atoms with Crippen LogP contribution in [-0.2, 0) is 0 Å². The number of nitrogens with zero attached hydrogens (tertiary/aromatic N) is 6. The van der Waals surface area contributed by atoms with Gasteiger partial charge in [-0.05, 0) is 0 Å². The fourth-order valence-corrected chi connectivity index (χ4v) is 1.50. The van der Waals surface area contributed by atoms with E-state index in [-0.39, 0.29) is 0 Å². The first-order valence-corrected chi connectivity index (χ1v) is 5.00. The molecule has 3 aromatic heterocycles. The third-order valence-corrected chi connectivity index (χ3v) is 2.32. The highest BCUT2D eigenvalue weighted by molar-refractivity contribution is 5.84. The summed E-state index contributed by atoms with van der Waals surface area (Å²) in [5, 5.41) is 6.92. The fraction of sp³-hybridized carbons (Fsp3) is 0.222. The first-order valence-electron chi connectivity index (χ1n) is 5.00. The second-order valence-electron chi connectivity index (χ2n) is 3.70. The maximum Gasteiger partial charge on any atom is 0.244 e. The third-order valence-electron chi connectivity index (χ3n) is 2.32. The predicted octanol–water partition coefficient (Wildman–Crippen LogP) is 0.204. The molecule has 0 unspecified atom stereocenters. The monoisotopic (exact) mass is 230 g/mol. The average molecular weight is 230 g/mol. The van der Waals surface area contributed by atoms with Crippen molar-refractivity contribution in [2.24, 2.45) is 0 Å². The third kappa shape index (κ3) is 1.50. The van der Waals surface area contributed by atoms with E-state index >= 15 is 0 Å². The van der Waals surface area contributed by atoms with Crippen LogP contribution in [0.15, 0.2) is 12.7 Å². The lowest BCUT2D eigenvalue weighted by Crippen LogP contribution is -2.10. The minimum absolute atomic E-state index is 0.588. The van der Waals surface area contributed by atoms with Crippen molar-refractivity contribution >= 4 is 17.1 Å². The number of rotatable bonds is 2. The summed E-state index contributed by atoms with van der Waals surface area (Å²) < 4.78 is 0. The summed E-state index contributed by atoms with van der Waals surface area (Å²) in [6.45, 7) is 0. The lowest BCUT2D eigenvalue weighted by atomic mass is 10.3. The van der Waals surface area contributed by atoms with Gasteiger partial charge in [0.05, 0.1) is 6.33 Å². The van der Waals surface area contributed by atoms with E-state index in [0.29, 0.717) is 23.1 Å². The van der Waals surface area contributed by atoms with Gasteiger partial charge in [0, 0.05) is 14.1 Å².